The summed E-state index contributed by atoms with van der Waals surface area (Å²) in [5.41, 5.74) is 4.76. The van der Waals surface area contributed by atoms with Crippen LogP contribution in [0.3, 0.4) is 0 Å². The van der Waals surface area contributed by atoms with Gasteiger partial charge >= 0.3 is 0 Å². The van der Waals surface area contributed by atoms with E-state index in [9.17, 15) is 4.79 Å². The molecule has 0 saturated carbocycles. The van der Waals surface area contributed by atoms with E-state index < -0.39 is 0 Å². The molecule has 1 aliphatic rings. The lowest BCUT2D eigenvalue weighted by molar-refractivity contribution is 0.102. The molecule has 0 bridgehead atoms. The highest BCUT2D eigenvalue weighted by atomic mass is 32.1. The van der Waals surface area contributed by atoms with Crippen LogP contribution in [-0.4, -0.2) is 49.1 Å². The van der Waals surface area contributed by atoms with Crippen LogP contribution in [0.5, 0.6) is 5.75 Å². The molecule has 2 heterocycles. The highest BCUT2D eigenvalue weighted by Gasteiger charge is 2.17. The monoisotopic (exact) mass is 458 g/mol. The maximum atomic E-state index is 12.9. The summed E-state index contributed by atoms with van der Waals surface area (Å²) < 4.78 is 6.51. The quantitative estimate of drug-likeness (QED) is 0.441. The van der Waals surface area contributed by atoms with Crippen molar-refractivity contribution in [1.82, 2.24) is 15.2 Å². The number of ether oxygens (including phenoxy) is 1. The van der Waals surface area contributed by atoms with Crippen molar-refractivity contribution in [2.75, 3.05) is 38.6 Å². The number of amides is 1. The van der Waals surface area contributed by atoms with Crippen LogP contribution in [0.25, 0.3) is 21.3 Å². The van der Waals surface area contributed by atoms with Gasteiger partial charge in [0.2, 0.25) is 0 Å². The molecule has 1 aromatic heterocycles. The first-order valence-corrected chi connectivity index (χ1v) is 11.9. The molecule has 168 valence electrons. The maximum absolute atomic E-state index is 12.9. The second-order valence-electron chi connectivity index (χ2n) is 8.06. The largest absolute Gasteiger partial charge is 0.494 e. The van der Waals surface area contributed by atoms with Gasteiger partial charge in [-0.2, -0.15) is 0 Å². The minimum absolute atomic E-state index is 0.164. The summed E-state index contributed by atoms with van der Waals surface area (Å²) in [5.74, 6) is 0.529. The van der Waals surface area contributed by atoms with Crippen LogP contribution in [0, 0.1) is 0 Å². The summed E-state index contributed by atoms with van der Waals surface area (Å²) >= 11 is 1.46. The number of aromatic nitrogens is 1. The van der Waals surface area contributed by atoms with Crippen LogP contribution in [0.1, 0.15) is 15.9 Å². The molecule has 2 N–H and O–H groups in total. The number of carbonyl (C=O) groups is 1. The number of anilines is 1. The van der Waals surface area contributed by atoms with Gasteiger partial charge in [-0.1, -0.05) is 53.8 Å². The zero-order chi connectivity index (χ0) is 22.6. The third kappa shape index (κ3) is 4.75. The number of nitrogens with one attached hydrogen (secondary N) is 2. The second kappa shape index (κ2) is 9.70. The van der Waals surface area contributed by atoms with Crippen molar-refractivity contribution in [1.29, 1.82) is 0 Å². The molecule has 7 heteroatoms. The maximum Gasteiger partial charge on any atom is 0.257 e. The lowest BCUT2D eigenvalue weighted by atomic mass is 10.1. The highest BCUT2D eigenvalue weighted by molar-refractivity contribution is 7.23. The van der Waals surface area contributed by atoms with E-state index in [1.807, 2.05) is 54.6 Å². The zero-order valence-corrected chi connectivity index (χ0v) is 19.3. The van der Waals surface area contributed by atoms with Crippen molar-refractivity contribution >= 4 is 32.6 Å². The number of rotatable bonds is 6. The van der Waals surface area contributed by atoms with Crippen molar-refractivity contribution in [3.63, 3.8) is 0 Å². The predicted octanol–water partition coefficient (Wildman–Crippen LogP) is 4.63. The van der Waals surface area contributed by atoms with Crippen molar-refractivity contribution in [3.8, 4) is 16.9 Å². The van der Waals surface area contributed by atoms with Crippen LogP contribution in [0.2, 0.25) is 0 Å². The SMILES string of the molecule is COc1ccc(-c2ccccc2)c2sc(NC(=O)c3ccc(CN4CCNCC4)cc3)nc12. The van der Waals surface area contributed by atoms with E-state index in [-0.39, 0.29) is 5.91 Å². The topological polar surface area (TPSA) is 66.5 Å². The zero-order valence-electron chi connectivity index (χ0n) is 18.5. The number of hydrogen-bond donors (Lipinski definition) is 2. The minimum atomic E-state index is -0.164. The van der Waals surface area contributed by atoms with Gasteiger partial charge < -0.3 is 10.1 Å². The standard InChI is InChI=1S/C26H26N4O2S/c1-32-22-12-11-21(19-5-3-2-4-6-19)24-23(22)28-26(33-24)29-25(31)20-9-7-18(8-10-20)17-30-15-13-27-14-16-30/h2-12,27H,13-17H2,1H3,(H,28,29,31). The Hall–Kier alpha value is -3.26. The van der Waals surface area contributed by atoms with E-state index >= 15 is 0 Å². The van der Waals surface area contributed by atoms with Crippen LogP contribution >= 0.6 is 11.3 Å². The van der Waals surface area contributed by atoms with Crippen molar-refractivity contribution in [3.05, 3.63) is 77.9 Å². The Morgan fingerprint density at radius 3 is 2.55 bits per heavy atom. The van der Waals surface area contributed by atoms with Gasteiger partial charge in [0, 0.05) is 43.9 Å². The van der Waals surface area contributed by atoms with Gasteiger partial charge in [0.05, 0.1) is 11.8 Å². The summed E-state index contributed by atoms with van der Waals surface area (Å²) in [6.07, 6.45) is 0. The average Bonchev–Trinajstić information content (AvgIpc) is 3.28. The lowest BCUT2D eigenvalue weighted by Crippen LogP contribution is -2.42. The van der Waals surface area contributed by atoms with Crippen LogP contribution < -0.4 is 15.4 Å². The predicted molar refractivity (Wildman–Crippen MR) is 134 cm³/mol. The summed E-state index contributed by atoms with van der Waals surface area (Å²) in [7, 11) is 1.64. The van der Waals surface area contributed by atoms with E-state index in [2.05, 4.69) is 32.7 Å². The van der Waals surface area contributed by atoms with Crippen LogP contribution in [0.15, 0.2) is 66.7 Å². The first kappa shape index (κ1) is 21.6. The summed E-state index contributed by atoms with van der Waals surface area (Å²) in [6.45, 7) is 5.06. The summed E-state index contributed by atoms with van der Waals surface area (Å²) in [4.78, 5) is 20.0. The number of thiazole rings is 1. The number of hydrogen-bond acceptors (Lipinski definition) is 6. The lowest BCUT2D eigenvalue weighted by Gasteiger charge is -2.27. The van der Waals surface area contributed by atoms with Gasteiger partial charge in [-0.15, -0.1) is 0 Å². The van der Waals surface area contributed by atoms with Crippen molar-refractivity contribution in [2.24, 2.45) is 0 Å². The molecule has 1 aliphatic heterocycles. The third-order valence-electron chi connectivity index (χ3n) is 5.86. The van der Waals surface area contributed by atoms with Gasteiger partial charge in [-0.25, -0.2) is 4.98 Å². The van der Waals surface area contributed by atoms with Gasteiger partial charge in [-0.05, 0) is 35.4 Å². The smallest absolute Gasteiger partial charge is 0.257 e. The Morgan fingerprint density at radius 1 is 1.06 bits per heavy atom. The van der Waals surface area contributed by atoms with E-state index in [1.165, 1.54) is 16.9 Å². The number of benzene rings is 3. The molecule has 3 aromatic carbocycles. The fourth-order valence-electron chi connectivity index (χ4n) is 4.10. The van der Waals surface area contributed by atoms with Crippen LogP contribution in [-0.2, 0) is 6.54 Å². The minimum Gasteiger partial charge on any atom is -0.494 e. The number of methoxy groups -OCH3 is 1. The third-order valence-corrected chi connectivity index (χ3v) is 6.87. The first-order chi connectivity index (χ1) is 16.2. The molecular weight excluding hydrogens is 432 g/mol. The van der Waals surface area contributed by atoms with Gasteiger partial charge in [0.25, 0.3) is 5.91 Å². The van der Waals surface area contributed by atoms with Crippen molar-refractivity contribution in [2.45, 2.75) is 6.54 Å². The molecule has 1 fully saturated rings. The van der Waals surface area contributed by atoms with E-state index in [1.54, 1.807) is 7.11 Å². The normalized spacial score (nSPS) is 14.3. The molecule has 5 rings (SSSR count). The highest BCUT2D eigenvalue weighted by Crippen LogP contribution is 2.39. The van der Waals surface area contributed by atoms with Crippen LogP contribution in [0.4, 0.5) is 5.13 Å². The summed E-state index contributed by atoms with van der Waals surface area (Å²) in [6, 6.07) is 22.0. The molecule has 1 saturated heterocycles. The van der Waals surface area contributed by atoms with E-state index in [4.69, 9.17) is 4.74 Å². The Balaban J connectivity index is 1.36. The summed E-state index contributed by atoms with van der Waals surface area (Å²) in [5, 5.41) is 6.90. The Morgan fingerprint density at radius 2 is 1.82 bits per heavy atom. The molecule has 33 heavy (non-hydrogen) atoms. The van der Waals surface area contributed by atoms with E-state index in [0.29, 0.717) is 16.4 Å². The molecule has 0 atom stereocenters. The Kier molecular flexibility index (Phi) is 6.35. The number of fused-ring (bicyclic) bond motifs is 1. The fraction of sp³-hybridized carbons (Fsp3) is 0.231. The Labute approximate surface area is 197 Å². The molecule has 0 radical (unpaired) electrons. The number of piperazine rings is 1. The average molecular weight is 459 g/mol. The molecule has 4 aromatic rings. The Bertz CT molecular complexity index is 1250. The van der Waals surface area contributed by atoms with E-state index in [0.717, 1.165) is 54.1 Å². The molecule has 0 unspecified atom stereocenters. The molecule has 0 aliphatic carbocycles. The second-order valence-corrected chi connectivity index (χ2v) is 9.05. The van der Waals surface area contributed by atoms with Gasteiger partial charge in [0.1, 0.15) is 11.3 Å². The number of carbonyl (C=O) groups excluding carboxylic acids is 1. The number of nitrogens with zero attached hydrogens (tertiary/aromatic N) is 2. The van der Waals surface area contributed by atoms with Crippen molar-refractivity contribution < 1.29 is 9.53 Å². The van der Waals surface area contributed by atoms with Gasteiger partial charge in [-0.3, -0.25) is 15.0 Å². The molecule has 1 amide bonds. The fourth-order valence-corrected chi connectivity index (χ4v) is 5.12. The first-order valence-electron chi connectivity index (χ1n) is 11.1. The molecule has 6 nitrogen and oxygen atoms in total. The molecule has 0 spiro atoms. The van der Waals surface area contributed by atoms with Gasteiger partial charge in [0.15, 0.2) is 5.13 Å². The molecular formula is C26H26N4O2S.